The van der Waals surface area contributed by atoms with Crippen LogP contribution in [0, 0.1) is 0 Å². The molecule has 0 aliphatic heterocycles. The van der Waals surface area contributed by atoms with Crippen LogP contribution < -0.4 is 5.32 Å². The van der Waals surface area contributed by atoms with Crippen molar-refractivity contribution in [3.63, 3.8) is 0 Å². The van der Waals surface area contributed by atoms with Gasteiger partial charge < -0.3 is 10.1 Å². The Morgan fingerprint density at radius 1 is 1.40 bits per heavy atom. The Morgan fingerprint density at radius 3 is 2.65 bits per heavy atom. The highest BCUT2D eigenvalue weighted by atomic mass is 35.5. The molecule has 1 aliphatic rings. The number of methoxy groups -OCH3 is 1. The molecule has 0 saturated heterocycles. The Balaban J connectivity index is 2.08. The number of ether oxygens (including phenoxy) is 1. The van der Waals surface area contributed by atoms with Gasteiger partial charge in [0.05, 0.1) is 12.7 Å². The lowest BCUT2D eigenvalue weighted by atomic mass is 9.91. The molecule has 0 amide bonds. The first-order valence-electron chi connectivity index (χ1n) is 6.23. The second-order valence-electron chi connectivity index (χ2n) is 4.87. The van der Waals surface area contributed by atoms with E-state index < -0.39 is 16.9 Å². The molecule has 2 rings (SSSR count). The van der Waals surface area contributed by atoms with E-state index in [1.54, 1.807) is 0 Å². The first kappa shape index (κ1) is 15.0. The number of halogens is 3. The number of anilines is 1. The molecule has 110 valence electrons. The van der Waals surface area contributed by atoms with Gasteiger partial charge in [-0.3, -0.25) is 0 Å². The predicted octanol–water partition coefficient (Wildman–Crippen LogP) is 3.42. The number of carbonyl (C=O) groups is 1. The average Bonchev–Trinajstić information content (AvgIpc) is 2.42. The van der Waals surface area contributed by atoms with Crippen molar-refractivity contribution in [3.8, 4) is 0 Å². The van der Waals surface area contributed by atoms with E-state index in [0.717, 1.165) is 0 Å². The standard InChI is InChI=1S/C13H15ClF2N2O2/c1-20-11(19)9-2-7-17-10(8-9)18-12(14)3-5-13(15,16)6-4-12/h2,7-8H,3-6H2,1H3,(H,17,18). The predicted molar refractivity (Wildman–Crippen MR) is 71.2 cm³/mol. The highest BCUT2D eigenvalue weighted by Crippen LogP contribution is 2.42. The SMILES string of the molecule is COC(=O)c1ccnc(NC2(Cl)CCC(F)(F)CC2)c1. The van der Waals surface area contributed by atoms with Crippen LogP contribution in [0.1, 0.15) is 36.0 Å². The molecule has 4 nitrogen and oxygen atoms in total. The number of alkyl halides is 3. The number of nitrogens with zero attached hydrogens (tertiary/aromatic N) is 1. The summed E-state index contributed by atoms with van der Waals surface area (Å²) in [6.07, 6.45) is 1.17. The first-order valence-corrected chi connectivity index (χ1v) is 6.61. The Morgan fingerprint density at radius 2 is 2.05 bits per heavy atom. The Hall–Kier alpha value is -1.43. The van der Waals surface area contributed by atoms with Crippen LogP contribution in [0.3, 0.4) is 0 Å². The molecule has 0 unspecified atom stereocenters. The monoisotopic (exact) mass is 304 g/mol. The number of aromatic nitrogens is 1. The molecule has 1 aliphatic carbocycles. The number of esters is 1. The number of hydrogen-bond acceptors (Lipinski definition) is 4. The van der Waals surface area contributed by atoms with Crippen molar-refractivity contribution in [2.75, 3.05) is 12.4 Å². The lowest BCUT2D eigenvalue weighted by molar-refractivity contribution is -0.0396. The van der Waals surface area contributed by atoms with Gasteiger partial charge in [0.2, 0.25) is 5.92 Å². The van der Waals surface area contributed by atoms with Crippen molar-refractivity contribution in [1.29, 1.82) is 0 Å². The average molecular weight is 305 g/mol. The van der Waals surface area contributed by atoms with Crippen LogP contribution in [0.4, 0.5) is 14.6 Å². The van der Waals surface area contributed by atoms with E-state index in [0.29, 0.717) is 11.4 Å². The van der Waals surface area contributed by atoms with Gasteiger partial charge in [0.15, 0.2) is 0 Å². The second kappa shape index (κ2) is 5.52. The van der Waals surface area contributed by atoms with Crippen LogP contribution in [-0.4, -0.2) is 29.0 Å². The number of rotatable bonds is 3. The maximum absolute atomic E-state index is 13.1. The molecular weight excluding hydrogens is 290 g/mol. The third-order valence-electron chi connectivity index (χ3n) is 3.31. The van der Waals surface area contributed by atoms with Crippen LogP contribution in [0.5, 0.6) is 0 Å². The van der Waals surface area contributed by atoms with Crippen molar-refractivity contribution in [2.24, 2.45) is 0 Å². The molecule has 1 N–H and O–H groups in total. The maximum atomic E-state index is 13.1. The largest absolute Gasteiger partial charge is 0.465 e. The highest BCUT2D eigenvalue weighted by molar-refractivity contribution is 6.25. The molecule has 1 heterocycles. The Kier molecular flexibility index (Phi) is 4.13. The number of pyridine rings is 1. The van der Waals surface area contributed by atoms with Crippen LogP contribution in [0.15, 0.2) is 18.3 Å². The van der Waals surface area contributed by atoms with Crippen LogP contribution in [0.2, 0.25) is 0 Å². The third kappa shape index (κ3) is 3.56. The summed E-state index contributed by atoms with van der Waals surface area (Å²) < 4.78 is 30.9. The number of hydrogen-bond donors (Lipinski definition) is 1. The van der Waals surface area contributed by atoms with Crippen molar-refractivity contribution in [2.45, 2.75) is 36.6 Å². The van der Waals surface area contributed by atoms with Crippen LogP contribution >= 0.6 is 11.6 Å². The maximum Gasteiger partial charge on any atom is 0.338 e. The van der Waals surface area contributed by atoms with Crippen molar-refractivity contribution < 1.29 is 18.3 Å². The molecule has 1 fully saturated rings. The molecule has 20 heavy (non-hydrogen) atoms. The molecule has 1 aromatic heterocycles. The fraction of sp³-hybridized carbons (Fsp3) is 0.538. The molecular formula is C13H15ClF2N2O2. The zero-order chi connectivity index (χ0) is 14.8. The smallest absolute Gasteiger partial charge is 0.338 e. The summed E-state index contributed by atoms with van der Waals surface area (Å²) >= 11 is 6.30. The Labute approximate surface area is 120 Å². The number of carbonyl (C=O) groups excluding carboxylic acids is 1. The Bertz CT molecular complexity index is 501. The van der Waals surface area contributed by atoms with Gasteiger partial charge >= 0.3 is 5.97 Å². The second-order valence-corrected chi connectivity index (χ2v) is 5.59. The van der Waals surface area contributed by atoms with Gasteiger partial charge in [0.1, 0.15) is 10.8 Å². The van der Waals surface area contributed by atoms with E-state index >= 15 is 0 Å². The summed E-state index contributed by atoms with van der Waals surface area (Å²) in [6, 6.07) is 3.00. The molecule has 0 bridgehead atoms. The van der Waals surface area contributed by atoms with E-state index in [-0.39, 0.29) is 25.7 Å². The number of nitrogens with one attached hydrogen (secondary N) is 1. The molecule has 0 aromatic carbocycles. The van der Waals surface area contributed by atoms with Crippen LogP contribution in [0.25, 0.3) is 0 Å². The van der Waals surface area contributed by atoms with Gasteiger partial charge in [-0.2, -0.15) is 0 Å². The molecule has 0 radical (unpaired) electrons. The molecule has 0 spiro atoms. The van der Waals surface area contributed by atoms with Gasteiger partial charge in [-0.05, 0) is 25.0 Å². The molecule has 0 atom stereocenters. The van der Waals surface area contributed by atoms with Gasteiger partial charge in [-0.15, -0.1) is 0 Å². The zero-order valence-corrected chi connectivity index (χ0v) is 11.7. The van der Waals surface area contributed by atoms with E-state index in [9.17, 15) is 13.6 Å². The summed E-state index contributed by atoms with van der Waals surface area (Å²) in [6.45, 7) is 0. The van der Waals surface area contributed by atoms with Gasteiger partial charge in [-0.1, -0.05) is 11.6 Å². The van der Waals surface area contributed by atoms with Crippen molar-refractivity contribution in [1.82, 2.24) is 4.98 Å². The summed E-state index contributed by atoms with van der Waals surface area (Å²) in [4.78, 5) is 14.5. The van der Waals surface area contributed by atoms with Crippen LogP contribution in [-0.2, 0) is 4.74 Å². The van der Waals surface area contributed by atoms with Gasteiger partial charge in [0, 0.05) is 19.0 Å². The molecule has 7 heteroatoms. The lowest BCUT2D eigenvalue weighted by Crippen LogP contribution is -2.40. The van der Waals surface area contributed by atoms with Crippen molar-refractivity contribution in [3.05, 3.63) is 23.9 Å². The fourth-order valence-electron chi connectivity index (χ4n) is 2.11. The minimum atomic E-state index is -2.65. The summed E-state index contributed by atoms with van der Waals surface area (Å²) in [5, 5.41) is 2.93. The van der Waals surface area contributed by atoms with E-state index in [2.05, 4.69) is 15.0 Å². The fourth-order valence-corrected chi connectivity index (χ4v) is 2.40. The van der Waals surface area contributed by atoms with Crippen molar-refractivity contribution >= 4 is 23.4 Å². The minimum Gasteiger partial charge on any atom is -0.465 e. The molecule has 1 aromatic rings. The summed E-state index contributed by atoms with van der Waals surface area (Å²) in [5.41, 5.74) is 0.325. The summed E-state index contributed by atoms with van der Waals surface area (Å²) in [7, 11) is 1.28. The first-order chi connectivity index (χ1) is 9.34. The van der Waals surface area contributed by atoms with E-state index in [4.69, 9.17) is 11.6 Å². The normalized spacial score (nSPS) is 20.2. The van der Waals surface area contributed by atoms with E-state index in [1.807, 2.05) is 0 Å². The zero-order valence-electron chi connectivity index (χ0n) is 11.0. The quantitative estimate of drug-likeness (QED) is 0.528. The van der Waals surface area contributed by atoms with E-state index in [1.165, 1.54) is 25.4 Å². The highest BCUT2D eigenvalue weighted by Gasteiger charge is 2.42. The third-order valence-corrected chi connectivity index (χ3v) is 3.78. The minimum absolute atomic E-state index is 0.131. The summed E-state index contributed by atoms with van der Waals surface area (Å²) in [5.74, 6) is -2.77. The topological polar surface area (TPSA) is 51.2 Å². The molecule has 1 saturated carbocycles. The lowest BCUT2D eigenvalue weighted by Gasteiger charge is -2.36. The van der Waals surface area contributed by atoms with Gasteiger partial charge in [-0.25, -0.2) is 18.6 Å². The van der Waals surface area contributed by atoms with Gasteiger partial charge in [0.25, 0.3) is 0 Å².